The highest BCUT2D eigenvalue weighted by atomic mass is 14.9. The van der Waals surface area contributed by atoms with Crippen LogP contribution in [0.3, 0.4) is 0 Å². The van der Waals surface area contributed by atoms with Crippen LogP contribution in [0.25, 0.3) is 0 Å². The fourth-order valence-corrected chi connectivity index (χ4v) is 2.54. The normalized spacial score (nSPS) is 20.9. The first-order valence-electron chi connectivity index (χ1n) is 7.12. The number of allylic oxidation sites excluding steroid dienone is 2. The van der Waals surface area contributed by atoms with Crippen LogP contribution in [0.4, 0.5) is 0 Å². The van der Waals surface area contributed by atoms with Gasteiger partial charge in [-0.15, -0.1) is 0 Å². The highest BCUT2D eigenvalue weighted by molar-refractivity contribution is 5.31. The van der Waals surface area contributed by atoms with Crippen molar-refractivity contribution in [1.82, 2.24) is 5.32 Å². The van der Waals surface area contributed by atoms with Gasteiger partial charge in [-0.1, -0.05) is 30.4 Å². The molecule has 1 aromatic rings. The van der Waals surface area contributed by atoms with Crippen LogP contribution in [0.1, 0.15) is 48.9 Å². The highest BCUT2D eigenvalue weighted by Crippen LogP contribution is 2.20. The van der Waals surface area contributed by atoms with Gasteiger partial charge in [-0.3, -0.25) is 0 Å². The Morgan fingerprint density at radius 1 is 1.22 bits per heavy atom. The maximum Gasteiger partial charge on any atom is 0.0292 e. The summed E-state index contributed by atoms with van der Waals surface area (Å²) < 4.78 is 0. The molecule has 1 nitrogen and oxygen atoms in total. The average Bonchev–Trinajstić information content (AvgIpc) is 2.40. The van der Waals surface area contributed by atoms with E-state index in [0.717, 1.165) is 12.5 Å². The van der Waals surface area contributed by atoms with E-state index in [-0.39, 0.29) is 0 Å². The van der Waals surface area contributed by atoms with Crippen molar-refractivity contribution >= 4 is 0 Å². The molecule has 1 aliphatic carbocycles. The summed E-state index contributed by atoms with van der Waals surface area (Å²) in [5.74, 6) is 0.823. The van der Waals surface area contributed by atoms with Gasteiger partial charge in [-0.2, -0.15) is 0 Å². The van der Waals surface area contributed by atoms with Crippen LogP contribution in [-0.4, -0.2) is 6.54 Å². The van der Waals surface area contributed by atoms with Crippen molar-refractivity contribution in [3.05, 3.63) is 47.0 Å². The summed E-state index contributed by atoms with van der Waals surface area (Å²) in [6.45, 7) is 7.77. The topological polar surface area (TPSA) is 12.0 Å². The SMILES string of the molecule is Cc1ccc(C(C)NCC2CC=CCC2)cc1C. The van der Waals surface area contributed by atoms with Crippen molar-refractivity contribution in [2.75, 3.05) is 6.54 Å². The fraction of sp³-hybridized carbons (Fsp3) is 0.529. The van der Waals surface area contributed by atoms with Crippen LogP contribution < -0.4 is 5.32 Å². The number of nitrogens with one attached hydrogen (secondary N) is 1. The first kappa shape index (κ1) is 13.4. The van der Waals surface area contributed by atoms with Gasteiger partial charge in [0.05, 0.1) is 0 Å². The van der Waals surface area contributed by atoms with Gasteiger partial charge in [-0.25, -0.2) is 0 Å². The van der Waals surface area contributed by atoms with E-state index in [9.17, 15) is 0 Å². The third-order valence-electron chi connectivity index (χ3n) is 4.12. The molecule has 0 spiro atoms. The predicted octanol–water partition coefficient (Wildman–Crippen LogP) is 4.31. The van der Waals surface area contributed by atoms with E-state index < -0.39 is 0 Å². The van der Waals surface area contributed by atoms with Gasteiger partial charge < -0.3 is 5.32 Å². The molecule has 2 atom stereocenters. The maximum atomic E-state index is 3.68. The Morgan fingerprint density at radius 3 is 2.72 bits per heavy atom. The molecule has 0 heterocycles. The van der Waals surface area contributed by atoms with Crippen molar-refractivity contribution in [1.29, 1.82) is 0 Å². The van der Waals surface area contributed by atoms with E-state index in [1.165, 1.54) is 36.0 Å². The Labute approximate surface area is 111 Å². The zero-order chi connectivity index (χ0) is 13.0. The van der Waals surface area contributed by atoms with Gasteiger partial charge in [0.1, 0.15) is 0 Å². The molecule has 0 radical (unpaired) electrons. The summed E-state index contributed by atoms with van der Waals surface area (Å²) in [4.78, 5) is 0. The van der Waals surface area contributed by atoms with E-state index in [1.54, 1.807) is 0 Å². The molecular formula is C17H25N. The zero-order valence-electron chi connectivity index (χ0n) is 11.9. The molecule has 18 heavy (non-hydrogen) atoms. The van der Waals surface area contributed by atoms with E-state index in [2.05, 4.69) is 56.4 Å². The molecule has 0 saturated heterocycles. The van der Waals surface area contributed by atoms with E-state index in [4.69, 9.17) is 0 Å². The second kappa shape index (κ2) is 6.19. The lowest BCUT2D eigenvalue weighted by Gasteiger charge is -2.22. The first-order valence-corrected chi connectivity index (χ1v) is 7.12. The molecule has 2 unspecified atom stereocenters. The number of hydrogen-bond acceptors (Lipinski definition) is 1. The number of benzene rings is 1. The molecular weight excluding hydrogens is 218 g/mol. The second-order valence-corrected chi connectivity index (χ2v) is 5.62. The average molecular weight is 243 g/mol. The number of hydrogen-bond donors (Lipinski definition) is 1. The monoisotopic (exact) mass is 243 g/mol. The van der Waals surface area contributed by atoms with Crippen molar-refractivity contribution < 1.29 is 0 Å². The van der Waals surface area contributed by atoms with Gasteiger partial charge in [-0.05, 0) is 69.2 Å². The van der Waals surface area contributed by atoms with Crippen LogP contribution in [0.5, 0.6) is 0 Å². The van der Waals surface area contributed by atoms with Crippen molar-refractivity contribution in [2.45, 2.75) is 46.1 Å². The lowest BCUT2D eigenvalue weighted by atomic mass is 9.94. The van der Waals surface area contributed by atoms with E-state index >= 15 is 0 Å². The number of aryl methyl sites for hydroxylation is 2. The predicted molar refractivity (Wildman–Crippen MR) is 78.8 cm³/mol. The third-order valence-corrected chi connectivity index (χ3v) is 4.12. The molecule has 0 fully saturated rings. The van der Waals surface area contributed by atoms with Gasteiger partial charge in [0.15, 0.2) is 0 Å². The molecule has 1 aliphatic rings. The first-order chi connectivity index (χ1) is 8.66. The van der Waals surface area contributed by atoms with Crippen molar-refractivity contribution in [3.8, 4) is 0 Å². The van der Waals surface area contributed by atoms with Crippen LogP contribution in [-0.2, 0) is 0 Å². The zero-order valence-corrected chi connectivity index (χ0v) is 11.9. The molecule has 0 aliphatic heterocycles. The van der Waals surface area contributed by atoms with Crippen LogP contribution in [0.15, 0.2) is 30.4 Å². The molecule has 1 aromatic carbocycles. The van der Waals surface area contributed by atoms with Gasteiger partial charge in [0.25, 0.3) is 0 Å². The number of rotatable bonds is 4. The summed E-state index contributed by atoms with van der Waals surface area (Å²) in [5, 5.41) is 3.68. The molecule has 1 heteroatoms. The molecule has 0 bridgehead atoms. The highest BCUT2D eigenvalue weighted by Gasteiger charge is 2.12. The van der Waals surface area contributed by atoms with E-state index in [0.29, 0.717) is 6.04 Å². The third kappa shape index (κ3) is 3.46. The molecule has 98 valence electrons. The maximum absolute atomic E-state index is 3.68. The molecule has 1 N–H and O–H groups in total. The lowest BCUT2D eigenvalue weighted by molar-refractivity contribution is 0.415. The summed E-state index contributed by atoms with van der Waals surface area (Å²) >= 11 is 0. The second-order valence-electron chi connectivity index (χ2n) is 5.62. The lowest BCUT2D eigenvalue weighted by Crippen LogP contribution is -2.26. The van der Waals surface area contributed by atoms with Crippen LogP contribution >= 0.6 is 0 Å². The Morgan fingerprint density at radius 2 is 2.06 bits per heavy atom. The summed E-state index contributed by atoms with van der Waals surface area (Å²) in [7, 11) is 0. The quantitative estimate of drug-likeness (QED) is 0.777. The standard InChI is InChI=1S/C17H25N/c1-13-9-10-17(11-14(13)2)15(3)18-12-16-7-5-4-6-8-16/h4-5,9-11,15-16,18H,6-8,12H2,1-3H3. The molecule has 0 saturated carbocycles. The Hall–Kier alpha value is -1.08. The van der Waals surface area contributed by atoms with Crippen molar-refractivity contribution in [3.63, 3.8) is 0 Å². The summed E-state index contributed by atoms with van der Waals surface area (Å²) in [6, 6.07) is 7.25. The van der Waals surface area contributed by atoms with E-state index in [1.807, 2.05) is 0 Å². The minimum Gasteiger partial charge on any atom is -0.310 e. The summed E-state index contributed by atoms with van der Waals surface area (Å²) in [6.07, 6.45) is 8.47. The van der Waals surface area contributed by atoms with Gasteiger partial charge >= 0.3 is 0 Å². The summed E-state index contributed by atoms with van der Waals surface area (Å²) in [5.41, 5.74) is 4.18. The largest absolute Gasteiger partial charge is 0.310 e. The fourth-order valence-electron chi connectivity index (χ4n) is 2.54. The Kier molecular flexibility index (Phi) is 4.60. The smallest absolute Gasteiger partial charge is 0.0292 e. The van der Waals surface area contributed by atoms with Crippen molar-refractivity contribution in [2.24, 2.45) is 5.92 Å². The van der Waals surface area contributed by atoms with Gasteiger partial charge in [0.2, 0.25) is 0 Å². The van der Waals surface area contributed by atoms with Crippen LogP contribution in [0, 0.1) is 19.8 Å². The molecule has 0 amide bonds. The van der Waals surface area contributed by atoms with Crippen LogP contribution in [0.2, 0.25) is 0 Å². The van der Waals surface area contributed by atoms with Gasteiger partial charge in [0, 0.05) is 6.04 Å². The molecule has 2 rings (SSSR count). The minimum atomic E-state index is 0.454. The minimum absolute atomic E-state index is 0.454. The molecule has 0 aromatic heterocycles. The Balaban J connectivity index is 1.88. The Bertz CT molecular complexity index is 420.